The molecule has 0 amide bonds. The van der Waals surface area contributed by atoms with Crippen LogP contribution in [-0.4, -0.2) is 36.7 Å². The van der Waals surface area contributed by atoms with Gasteiger partial charge in [-0.05, 0) is 26.8 Å². The predicted octanol–water partition coefficient (Wildman–Crippen LogP) is 1.75. The molecule has 1 fully saturated rings. The second-order valence-corrected chi connectivity index (χ2v) is 4.86. The van der Waals surface area contributed by atoms with Crippen LogP contribution >= 0.6 is 0 Å². The fourth-order valence-corrected chi connectivity index (χ4v) is 1.85. The summed E-state index contributed by atoms with van der Waals surface area (Å²) in [5.41, 5.74) is 0.0297. The third kappa shape index (κ3) is 2.46. The number of ether oxygens (including phenoxy) is 1. The van der Waals surface area contributed by atoms with E-state index >= 15 is 0 Å². The van der Waals surface area contributed by atoms with Crippen molar-refractivity contribution in [1.82, 2.24) is 4.90 Å². The number of hydrogen-bond acceptors (Lipinski definition) is 2. The summed E-state index contributed by atoms with van der Waals surface area (Å²) in [5.74, 6) is 0.618. The van der Waals surface area contributed by atoms with E-state index in [-0.39, 0.29) is 5.60 Å². The molecule has 0 N–H and O–H groups in total. The number of morpholine rings is 1. The van der Waals surface area contributed by atoms with Gasteiger partial charge in [0, 0.05) is 13.1 Å². The van der Waals surface area contributed by atoms with Crippen LogP contribution in [0.4, 0.5) is 0 Å². The maximum atomic E-state index is 5.96. The summed E-state index contributed by atoms with van der Waals surface area (Å²) in [6, 6.07) is 0. The zero-order valence-corrected chi connectivity index (χ0v) is 8.92. The molecule has 1 saturated heterocycles. The SMILES string of the molecule is CC(C)C1CN(C)CC(C)(C)O1. The topological polar surface area (TPSA) is 12.5 Å². The van der Waals surface area contributed by atoms with Crippen LogP contribution in [-0.2, 0) is 4.74 Å². The Hall–Kier alpha value is -0.0800. The van der Waals surface area contributed by atoms with E-state index < -0.39 is 0 Å². The zero-order valence-electron chi connectivity index (χ0n) is 8.92. The Morgan fingerprint density at radius 1 is 1.42 bits per heavy atom. The van der Waals surface area contributed by atoms with E-state index in [1.165, 1.54) is 0 Å². The molecule has 1 heterocycles. The van der Waals surface area contributed by atoms with E-state index in [4.69, 9.17) is 4.74 Å². The maximum Gasteiger partial charge on any atom is 0.0757 e. The summed E-state index contributed by atoms with van der Waals surface area (Å²) in [6.07, 6.45) is 0.402. The molecule has 0 spiro atoms. The van der Waals surface area contributed by atoms with Crippen LogP contribution < -0.4 is 0 Å². The van der Waals surface area contributed by atoms with Crippen LogP contribution in [0.5, 0.6) is 0 Å². The van der Waals surface area contributed by atoms with Gasteiger partial charge in [-0.1, -0.05) is 13.8 Å². The minimum atomic E-state index is 0.0297. The second-order valence-electron chi connectivity index (χ2n) is 4.86. The lowest BCUT2D eigenvalue weighted by Gasteiger charge is -2.42. The molecule has 0 saturated carbocycles. The molecule has 72 valence electrons. The van der Waals surface area contributed by atoms with Gasteiger partial charge in [-0.3, -0.25) is 0 Å². The molecule has 0 bridgehead atoms. The van der Waals surface area contributed by atoms with Crippen molar-refractivity contribution >= 4 is 0 Å². The van der Waals surface area contributed by atoms with Crippen molar-refractivity contribution in [2.75, 3.05) is 20.1 Å². The number of hydrogen-bond donors (Lipinski definition) is 0. The highest BCUT2D eigenvalue weighted by atomic mass is 16.5. The van der Waals surface area contributed by atoms with E-state index in [2.05, 4.69) is 39.6 Å². The lowest BCUT2D eigenvalue weighted by molar-refractivity contribution is -0.145. The van der Waals surface area contributed by atoms with Crippen LogP contribution in [0.3, 0.4) is 0 Å². The highest BCUT2D eigenvalue weighted by Gasteiger charge is 2.32. The summed E-state index contributed by atoms with van der Waals surface area (Å²) in [7, 11) is 2.17. The maximum absolute atomic E-state index is 5.96. The molecule has 0 aromatic carbocycles. The Balaban J connectivity index is 2.58. The molecule has 1 unspecified atom stereocenters. The van der Waals surface area contributed by atoms with Gasteiger partial charge in [0.15, 0.2) is 0 Å². The monoisotopic (exact) mass is 171 g/mol. The summed E-state index contributed by atoms with van der Waals surface area (Å²) >= 11 is 0. The quantitative estimate of drug-likeness (QED) is 0.596. The van der Waals surface area contributed by atoms with Gasteiger partial charge in [-0.25, -0.2) is 0 Å². The number of rotatable bonds is 1. The van der Waals surface area contributed by atoms with Crippen LogP contribution in [0.15, 0.2) is 0 Å². The molecule has 1 aliphatic heterocycles. The average molecular weight is 171 g/mol. The smallest absolute Gasteiger partial charge is 0.0757 e. The van der Waals surface area contributed by atoms with E-state index in [1.54, 1.807) is 0 Å². The molecule has 1 rings (SSSR count). The fourth-order valence-electron chi connectivity index (χ4n) is 1.85. The normalized spacial score (nSPS) is 31.0. The molecule has 1 aliphatic rings. The Bertz CT molecular complexity index is 154. The number of likely N-dealkylation sites (N-methyl/N-ethyl adjacent to an activating group) is 1. The summed E-state index contributed by atoms with van der Waals surface area (Å²) in [5, 5.41) is 0. The largest absolute Gasteiger partial charge is 0.369 e. The number of nitrogens with zero attached hydrogens (tertiary/aromatic N) is 1. The van der Waals surface area contributed by atoms with Gasteiger partial charge in [-0.2, -0.15) is 0 Å². The zero-order chi connectivity index (χ0) is 9.35. The Labute approximate surface area is 75.9 Å². The van der Waals surface area contributed by atoms with Crippen molar-refractivity contribution in [2.24, 2.45) is 5.92 Å². The molecular formula is C10H21NO. The first-order valence-electron chi connectivity index (χ1n) is 4.77. The van der Waals surface area contributed by atoms with Crippen LogP contribution in [0, 0.1) is 5.92 Å². The van der Waals surface area contributed by atoms with E-state index in [0.717, 1.165) is 13.1 Å². The molecule has 0 aromatic rings. The van der Waals surface area contributed by atoms with Gasteiger partial charge in [0.1, 0.15) is 0 Å². The third-order valence-corrected chi connectivity index (χ3v) is 2.36. The predicted molar refractivity (Wildman–Crippen MR) is 51.3 cm³/mol. The van der Waals surface area contributed by atoms with Crippen molar-refractivity contribution in [3.05, 3.63) is 0 Å². The van der Waals surface area contributed by atoms with Gasteiger partial charge in [-0.15, -0.1) is 0 Å². The van der Waals surface area contributed by atoms with E-state index in [1.807, 2.05) is 0 Å². The lowest BCUT2D eigenvalue weighted by Crippen LogP contribution is -2.52. The average Bonchev–Trinajstić information content (AvgIpc) is 1.82. The first kappa shape index (κ1) is 10.0. The van der Waals surface area contributed by atoms with Gasteiger partial charge in [0.25, 0.3) is 0 Å². The summed E-state index contributed by atoms with van der Waals surface area (Å²) in [4.78, 5) is 2.36. The van der Waals surface area contributed by atoms with E-state index in [9.17, 15) is 0 Å². The van der Waals surface area contributed by atoms with Gasteiger partial charge in [0.05, 0.1) is 11.7 Å². The first-order valence-corrected chi connectivity index (χ1v) is 4.77. The molecule has 0 aromatic heterocycles. The van der Waals surface area contributed by atoms with Crippen LogP contribution in [0.1, 0.15) is 27.7 Å². The van der Waals surface area contributed by atoms with E-state index in [0.29, 0.717) is 12.0 Å². The first-order chi connectivity index (χ1) is 5.41. The van der Waals surface area contributed by atoms with Gasteiger partial charge >= 0.3 is 0 Å². The van der Waals surface area contributed by atoms with Gasteiger partial charge < -0.3 is 9.64 Å². The molecule has 0 aliphatic carbocycles. The molecule has 2 nitrogen and oxygen atoms in total. The molecule has 0 radical (unpaired) electrons. The highest BCUT2D eigenvalue weighted by molar-refractivity contribution is 4.83. The summed E-state index contributed by atoms with van der Waals surface area (Å²) < 4.78 is 5.96. The Morgan fingerprint density at radius 3 is 2.42 bits per heavy atom. The van der Waals surface area contributed by atoms with Crippen molar-refractivity contribution in [3.63, 3.8) is 0 Å². The fraction of sp³-hybridized carbons (Fsp3) is 1.00. The van der Waals surface area contributed by atoms with Gasteiger partial charge in [0.2, 0.25) is 0 Å². The summed E-state index contributed by atoms with van der Waals surface area (Å²) in [6.45, 7) is 10.9. The minimum absolute atomic E-state index is 0.0297. The lowest BCUT2D eigenvalue weighted by atomic mass is 10.00. The minimum Gasteiger partial charge on any atom is -0.369 e. The molecule has 1 atom stereocenters. The van der Waals surface area contributed by atoms with Crippen LogP contribution in [0.25, 0.3) is 0 Å². The third-order valence-electron chi connectivity index (χ3n) is 2.36. The Kier molecular flexibility index (Phi) is 2.79. The Morgan fingerprint density at radius 2 is 2.00 bits per heavy atom. The van der Waals surface area contributed by atoms with Crippen LogP contribution in [0.2, 0.25) is 0 Å². The second kappa shape index (κ2) is 3.35. The van der Waals surface area contributed by atoms with Crippen molar-refractivity contribution in [3.8, 4) is 0 Å². The van der Waals surface area contributed by atoms with Crippen molar-refractivity contribution in [2.45, 2.75) is 39.4 Å². The highest BCUT2D eigenvalue weighted by Crippen LogP contribution is 2.23. The molecule has 2 heteroatoms. The standard InChI is InChI=1S/C10H21NO/c1-8(2)9-6-11(5)7-10(3,4)12-9/h8-9H,6-7H2,1-5H3. The van der Waals surface area contributed by atoms with Crippen molar-refractivity contribution < 1.29 is 4.74 Å². The molecular weight excluding hydrogens is 150 g/mol. The van der Waals surface area contributed by atoms with Crippen molar-refractivity contribution in [1.29, 1.82) is 0 Å². The molecule has 12 heavy (non-hydrogen) atoms.